The number of anilines is 1. The molecule has 0 radical (unpaired) electrons. The van der Waals surface area contributed by atoms with Gasteiger partial charge in [0.1, 0.15) is 11.6 Å². The number of carbonyl (C=O) groups is 2. The number of carbonyl (C=O) groups excluding carboxylic acids is 2. The second kappa shape index (κ2) is 12.6. The van der Waals surface area contributed by atoms with Crippen LogP contribution in [0, 0.1) is 5.82 Å². The third-order valence-electron chi connectivity index (χ3n) is 7.43. The summed E-state index contributed by atoms with van der Waals surface area (Å²) >= 11 is 0. The van der Waals surface area contributed by atoms with Crippen LogP contribution in [0.15, 0.2) is 23.2 Å². The third kappa shape index (κ3) is 6.62. The maximum Gasteiger partial charge on any atom is 0.473 e. The van der Waals surface area contributed by atoms with Crippen LogP contribution in [-0.2, 0) is 16.8 Å². The molecule has 240 valence electrons. The minimum Gasteiger partial charge on any atom is -0.494 e. The maximum atomic E-state index is 15.9. The van der Waals surface area contributed by atoms with E-state index in [4.69, 9.17) is 14.2 Å². The van der Waals surface area contributed by atoms with Crippen LogP contribution in [-0.4, -0.2) is 79.8 Å². The molecule has 1 saturated heterocycles. The van der Waals surface area contributed by atoms with Crippen molar-refractivity contribution in [1.29, 1.82) is 0 Å². The smallest absolute Gasteiger partial charge is 0.473 e. The van der Waals surface area contributed by atoms with Crippen LogP contribution in [0.1, 0.15) is 68.1 Å². The van der Waals surface area contributed by atoms with E-state index in [1.807, 2.05) is 25.7 Å². The number of aliphatic hydroxyl groups excluding tert-OH is 1. The summed E-state index contributed by atoms with van der Waals surface area (Å²) in [6.07, 6.45) is -5.34. The Morgan fingerprint density at radius 1 is 1.07 bits per heavy atom. The number of alkyl halides is 3. The third-order valence-corrected chi connectivity index (χ3v) is 7.43. The molecule has 1 amide bonds. The SMILES string of the molecule is CCOc1cc2c(c(F)c1OCC)/C(=N/C(=O)C(F)(F)F)N(CC(=O)c1cc(N3CCC(O)C3)c(OC)c(C(C)(C)C)c1)C2. The summed E-state index contributed by atoms with van der Waals surface area (Å²) in [6, 6.07) is 4.71. The molecular formula is C31H37F4N3O6. The monoisotopic (exact) mass is 623 g/mol. The minimum absolute atomic E-state index is 0.0376. The average Bonchev–Trinajstić information content (AvgIpc) is 3.52. The standard InChI is InChI=1S/C31H37F4N3O6/c1-7-43-23-13-18-14-38(28(36-29(41)31(33,34)35)24(18)25(32)27(23)44-8-2)16-22(40)17-11-20(30(3,4)5)26(42-6)21(12-17)37-10-9-19(39)15-37/h11-13,19,39H,7-10,14-16H2,1-6H3/b36-28-. The largest absolute Gasteiger partial charge is 0.494 e. The van der Waals surface area contributed by atoms with Gasteiger partial charge in [0.25, 0.3) is 0 Å². The molecule has 0 bridgehead atoms. The van der Waals surface area contributed by atoms with Gasteiger partial charge in [-0.05, 0) is 49.4 Å². The highest BCUT2D eigenvalue weighted by molar-refractivity contribution is 6.11. The number of ketones is 1. The quantitative estimate of drug-likeness (QED) is 0.307. The lowest BCUT2D eigenvalue weighted by atomic mass is 9.84. The first-order chi connectivity index (χ1) is 20.6. The van der Waals surface area contributed by atoms with Gasteiger partial charge in [-0.3, -0.25) is 9.59 Å². The summed E-state index contributed by atoms with van der Waals surface area (Å²) < 4.78 is 72.5. The maximum absolute atomic E-state index is 15.9. The molecular weight excluding hydrogens is 586 g/mol. The Hall–Kier alpha value is -3.87. The van der Waals surface area contributed by atoms with Crippen molar-refractivity contribution in [2.24, 2.45) is 4.99 Å². The van der Waals surface area contributed by atoms with Crippen molar-refractivity contribution in [2.45, 2.75) is 65.3 Å². The fraction of sp³-hybridized carbons (Fsp3) is 0.516. The number of hydrogen-bond donors (Lipinski definition) is 1. The first kappa shape index (κ1) is 33.0. The summed E-state index contributed by atoms with van der Waals surface area (Å²) in [7, 11) is 1.52. The lowest BCUT2D eigenvalue weighted by Crippen LogP contribution is -2.34. The molecule has 2 aromatic carbocycles. The highest BCUT2D eigenvalue weighted by Gasteiger charge is 2.42. The van der Waals surface area contributed by atoms with Crippen molar-refractivity contribution < 1.29 is 46.5 Å². The van der Waals surface area contributed by atoms with Gasteiger partial charge in [-0.1, -0.05) is 20.8 Å². The molecule has 44 heavy (non-hydrogen) atoms. The zero-order chi connectivity index (χ0) is 32.6. The number of nitrogens with zero attached hydrogens (tertiary/aromatic N) is 3. The number of ether oxygens (including phenoxy) is 3. The zero-order valence-corrected chi connectivity index (χ0v) is 25.6. The van der Waals surface area contributed by atoms with Gasteiger partial charge < -0.3 is 29.1 Å². The number of benzene rings is 2. The summed E-state index contributed by atoms with van der Waals surface area (Å²) in [6.45, 7) is 9.47. The molecule has 0 saturated carbocycles. The number of Topliss-reactive ketones (excluding diaryl/α,β-unsaturated/α-hetero) is 1. The highest BCUT2D eigenvalue weighted by atomic mass is 19.4. The molecule has 9 nitrogen and oxygen atoms in total. The van der Waals surface area contributed by atoms with Crippen LogP contribution < -0.4 is 19.1 Å². The number of amidine groups is 1. The van der Waals surface area contributed by atoms with Crippen LogP contribution in [0.25, 0.3) is 0 Å². The van der Waals surface area contributed by atoms with Crippen LogP contribution in [0.5, 0.6) is 17.2 Å². The van der Waals surface area contributed by atoms with Crippen molar-refractivity contribution in [3.63, 3.8) is 0 Å². The van der Waals surface area contributed by atoms with Crippen molar-refractivity contribution in [3.8, 4) is 17.2 Å². The van der Waals surface area contributed by atoms with E-state index in [9.17, 15) is 27.9 Å². The average molecular weight is 624 g/mol. The molecule has 1 atom stereocenters. The first-order valence-corrected chi connectivity index (χ1v) is 14.3. The Morgan fingerprint density at radius 3 is 2.30 bits per heavy atom. The van der Waals surface area contributed by atoms with E-state index in [1.54, 1.807) is 26.0 Å². The number of halogens is 4. The number of rotatable bonds is 9. The predicted octanol–water partition coefficient (Wildman–Crippen LogP) is 5.03. The number of aliphatic hydroxyl groups is 1. The van der Waals surface area contributed by atoms with Crippen molar-refractivity contribution in [2.75, 3.05) is 44.9 Å². The van der Waals surface area contributed by atoms with Crippen LogP contribution in [0.4, 0.5) is 23.2 Å². The van der Waals surface area contributed by atoms with Crippen molar-refractivity contribution in [1.82, 2.24) is 4.90 Å². The molecule has 0 spiro atoms. The number of amides is 1. The van der Waals surface area contributed by atoms with Crippen molar-refractivity contribution in [3.05, 3.63) is 46.3 Å². The number of aliphatic imine (C=N–C) groups is 1. The lowest BCUT2D eigenvalue weighted by Gasteiger charge is -2.29. The van der Waals surface area contributed by atoms with E-state index in [2.05, 4.69) is 4.99 Å². The van der Waals surface area contributed by atoms with Gasteiger partial charge in [-0.15, -0.1) is 0 Å². The molecule has 13 heteroatoms. The molecule has 1 N–H and O–H groups in total. The lowest BCUT2D eigenvalue weighted by molar-refractivity contribution is -0.169. The summed E-state index contributed by atoms with van der Waals surface area (Å²) in [5.74, 6) is -4.33. The van der Waals surface area contributed by atoms with Gasteiger partial charge in [0, 0.05) is 30.8 Å². The van der Waals surface area contributed by atoms with E-state index in [0.29, 0.717) is 36.5 Å². The Morgan fingerprint density at radius 2 is 1.75 bits per heavy atom. The van der Waals surface area contributed by atoms with Crippen molar-refractivity contribution >= 4 is 23.2 Å². The molecule has 1 unspecified atom stereocenters. The van der Waals surface area contributed by atoms with E-state index >= 15 is 4.39 Å². The van der Waals surface area contributed by atoms with E-state index in [1.165, 1.54) is 13.2 Å². The molecule has 4 rings (SSSR count). The van der Waals surface area contributed by atoms with Crippen LogP contribution in [0.2, 0.25) is 0 Å². The molecule has 0 aromatic heterocycles. The fourth-order valence-electron chi connectivity index (χ4n) is 5.43. The Kier molecular flexibility index (Phi) is 9.48. The Balaban J connectivity index is 1.81. The first-order valence-electron chi connectivity index (χ1n) is 14.3. The molecule has 2 aromatic rings. The van der Waals surface area contributed by atoms with E-state index in [-0.39, 0.29) is 47.9 Å². The zero-order valence-electron chi connectivity index (χ0n) is 25.6. The van der Waals surface area contributed by atoms with Gasteiger partial charge in [0.2, 0.25) is 0 Å². The molecule has 2 aliphatic heterocycles. The Bertz CT molecular complexity index is 1470. The molecule has 0 aliphatic carbocycles. The second-order valence-electron chi connectivity index (χ2n) is 11.7. The topological polar surface area (TPSA) is 101 Å². The Labute approximate surface area is 253 Å². The summed E-state index contributed by atoms with van der Waals surface area (Å²) in [5, 5.41) is 10.2. The van der Waals surface area contributed by atoms with Gasteiger partial charge >= 0.3 is 12.1 Å². The van der Waals surface area contributed by atoms with Crippen LogP contribution in [0.3, 0.4) is 0 Å². The second-order valence-corrected chi connectivity index (χ2v) is 11.7. The number of methoxy groups -OCH3 is 1. The van der Waals surface area contributed by atoms with Gasteiger partial charge in [0.15, 0.2) is 23.1 Å². The summed E-state index contributed by atoms with van der Waals surface area (Å²) in [5.41, 5.74) is 0.891. The predicted molar refractivity (Wildman–Crippen MR) is 156 cm³/mol. The summed E-state index contributed by atoms with van der Waals surface area (Å²) in [4.78, 5) is 32.2. The number of β-amino-alcohol motifs (C(OH)–C–C–N with tert-alkyl or cyclic N) is 1. The van der Waals surface area contributed by atoms with Crippen LogP contribution >= 0.6 is 0 Å². The minimum atomic E-state index is -5.32. The van der Waals surface area contributed by atoms with Gasteiger partial charge in [-0.2, -0.15) is 18.2 Å². The molecule has 1 fully saturated rings. The highest BCUT2D eigenvalue weighted by Crippen LogP contribution is 2.42. The molecule has 2 heterocycles. The molecule has 2 aliphatic rings. The number of fused-ring (bicyclic) bond motifs is 1. The van der Waals surface area contributed by atoms with Gasteiger partial charge in [-0.25, -0.2) is 4.39 Å². The van der Waals surface area contributed by atoms with E-state index in [0.717, 1.165) is 4.90 Å². The fourth-order valence-corrected chi connectivity index (χ4v) is 5.43. The number of hydrogen-bond acceptors (Lipinski definition) is 7. The van der Waals surface area contributed by atoms with Gasteiger partial charge in [0.05, 0.1) is 44.2 Å². The van der Waals surface area contributed by atoms with E-state index < -0.39 is 47.6 Å². The normalized spacial score (nSPS) is 17.7.